The molecule has 0 radical (unpaired) electrons. The van der Waals surface area contributed by atoms with Gasteiger partial charge < -0.3 is 10.4 Å². The van der Waals surface area contributed by atoms with Crippen molar-refractivity contribution in [2.45, 2.75) is 31.7 Å². The van der Waals surface area contributed by atoms with E-state index in [1.54, 1.807) is 6.20 Å². The van der Waals surface area contributed by atoms with E-state index in [1.165, 1.54) is 0 Å². The van der Waals surface area contributed by atoms with Crippen LogP contribution in [0, 0.1) is 5.92 Å². The molecule has 3 rings (SSSR count). The van der Waals surface area contributed by atoms with E-state index in [-0.39, 0.29) is 5.92 Å². The molecule has 21 heavy (non-hydrogen) atoms. The summed E-state index contributed by atoms with van der Waals surface area (Å²) in [5.74, 6) is 0.0333. The molecule has 0 saturated heterocycles. The van der Waals surface area contributed by atoms with Gasteiger partial charge in [-0.25, -0.2) is 4.98 Å². The first-order valence-electron chi connectivity index (χ1n) is 7.17. The van der Waals surface area contributed by atoms with Crippen LogP contribution < -0.4 is 5.32 Å². The van der Waals surface area contributed by atoms with Gasteiger partial charge in [0.25, 0.3) is 0 Å². The fourth-order valence-electron chi connectivity index (χ4n) is 2.96. The van der Waals surface area contributed by atoms with Crippen molar-refractivity contribution in [1.29, 1.82) is 0 Å². The second kappa shape index (κ2) is 6.02. The average molecular weight is 349 g/mol. The number of anilines is 1. The van der Waals surface area contributed by atoms with Crippen molar-refractivity contribution < 1.29 is 9.90 Å². The van der Waals surface area contributed by atoms with Crippen LogP contribution in [0.25, 0.3) is 10.8 Å². The summed E-state index contributed by atoms with van der Waals surface area (Å²) in [5.41, 5.74) is 0. The Morgan fingerprint density at radius 3 is 2.67 bits per heavy atom. The molecule has 110 valence electrons. The molecule has 0 spiro atoms. The molecule has 0 unspecified atom stereocenters. The maximum absolute atomic E-state index is 11.0. The van der Waals surface area contributed by atoms with Gasteiger partial charge in [0.05, 0.1) is 5.92 Å². The number of pyridine rings is 1. The number of nitrogens with zero attached hydrogens (tertiary/aromatic N) is 1. The molecule has 0 bridgehead atoms. The fourth-order valence-corrected chi connectivity index (χ4v) is 3.46. The van der Waals surface area contributed by atoms with Gasteiger partial charge in [-0.3, -0.25) is 4.79 Å². The number of fused-ring (bicyclic) bond motifs is 1. The maximum Gasteiger partial charge on any atom is 0.306 e. The molecule has 0 aliphatic heterocycles. The first-order valence-corrected chi connectivity index (χ1v) is 7.97. The summed E-state index contributed by atoms with van der Waals surface area (Å²) in [6.45, 7) is 0. The lowest BCUT2D eigenvalue weighted by molar-refractivity contribution is -0.142. The Labute approximate surface area is 131 Å². The highest BCUT2D eigenvalue weighted by Gasteiger charge is 2.26. The van der Waals surface area contributed by atoms with Gasteiger partial charge in [-0.15, -0.1) is 0 Å². The standard InChI is InChI=1S/C16H17BrN2O2/c17-14-3-1-2-13-12(14)8-9-18-15(13)19-11-6-4-10(5-7-11)16(20)21/h1-3,8-11H,4-7H2,(H,18,19)(H,20,21). The number of carboxylic acid groups (broad SMARTS) is 1. The molecule has 1 aromatic carbocycles. The number of rotatable bonds is 3. The zero-order valence-corrected chi connectivity index (χ0v) is 13.1. The molecular formula is C16H17BrN2O2. The summed E-state index contributed by atoms with van der Waals surface area (Å²) in [7, 11) is 0. The summed E-state index contributed by atoms with van der Waals surface area (Å²) >= 11 is 3.56. The van der Waals surface area contributed by atoms with E-state index >= 15 is 0 Å². The topological polar surface area (TPSA) is 62.2 Å². The molecule has 1 aromatic heterocycles. The molecule has 0 atom stereocenters. The average Bonchev–Trinajstić information content (AvgIpc) is 2.49. The molecule has 1 aliphatic rings. The largest absolute Gasteiger partial charge is 0.481 e. The highest BCUT2D eigenvalue weighted by Crippen LogP contribution is 2.31. The first kappa shape index (κ1) is 14.3. The summed E-state index contributed by atoms with van der Waals surface area (Å²) in [6.07, 6.45) is 5.04. The molecule has 0 amide bonds. The van der Waals surface area contributed by atoms with Crippen LogP contribution in [0.2, 0.25) is 0 Å². The Bertz CT molecular complexity index is 666. The van der Waals surface area contributed by atoms with Crippen LogP contribution in [0.4, 0.5) is 5.82 Å². The van der Waals surface area contributed by atoms with Crippen LogP contribution in [0.3, 0.4) is 0 Å². The van der Waals surface area contributed by atoms with E-state index in [1.807, 2.05) is 18.2 Å². The third kappa shape index (κ3) is 3.02. The molecule has 1 fully saturated rings. The van der Waals surface area contributed by atoms with E-state index < -0.39 is 5.97 Å². The highest BCUT2D eigenvalue weighted by molar-refractivity contribution is 9.10. The third-order valence-corrected chi connectivity index (χ3v) is 4.86. The minimum Gasteiger partial charge on any atom is -0.481 e. The van der Waals surface area contributed by atoms with Gasteiger partial charge in [0.1, 0.15) is 5.82 Å². The number of carbonyl (C=O) groups is 1. The van der Waals surface area contributed by atoms with E-state index in [4.69, 9.17) is 5.11 Å². The summed E-state index contributed by atoms with van der Waals surface area (Å²) in [6, 6.07) is 8.37. The van der Waals surface area contributed by atoms with E-state index in [2.05, 4.69) is 32.3 Å². The van der Waals surface area contributed by atoms with Crippen molar-refractivity contribution in [2.24, 2.45) is 5.92 Å². The van der Waals surface area contributed by atoms with E-state index in [0.29, 0.717) is 6.04 Å². The van der Waals surface area contributed by atoms with Crippen molar-refractivity contribution in [3.63, 3.8) is 0 Å². The number of carboxylic acids is 1. The molecule has 1 saturated carbocycles. The molecule has 2 aromatic rings. The first-order chi connectivity index (χ1) is 10.1. The number of aromatic nitrogens is 1. The molecule has 2 N–H and O–H groups in total. The Morgan fingerprint density at radius 2 is 1.95 bits per heavy atom. The Morgan fingerprint density at radius 1 is 1.19 bits per heavy atom. The van der Waals surface area contributed by atoms with Crippen molar-refractivity contribution in [1.82, 2.24) is 4.98 Å². The Kier molecular flexibility index (Phi) is 4.10. The van der Waals surface area contributed by atoms with Gasteiger partial charge in [0, 0.05) is 27.5 Å². The number of hydrogen-bond acceptors (Lipinski definition) is 3. The van der Waals surface area contributed by atoms with Crippen LogP contribution in [-0.4, -0.2) is 22.1 Å². The lowest BCUT2D eigenvalue weighted by Crippen LogP contribution is -2.29. The lowest BCUT2D eigenvalue weighted by atomic mass is 9.86. The van der Waals surface area contributed by atoms with Crippen LogP contribution in [0.15, 0.2) is 34.9 Å². The van der Waals surface area contributed by atoms with Crippen molar-refractivity contribution in [3.05, 3.63) is 34.9 Å². The quantitative estimate of drug-likeness (QED) is 0.878. The summed E-state index contributed by atoms with van der Waals surface area (Å²) in [4.78, 5) is 15.4. The van der Waals surface area contributed by atoms with Crippen molar-refractivity contribution in [3.8, 4) is 0 Å². The monoisotopic (exact) mass is 348 g/mol. The van der Waals surface area contributed by atoms with Crippen LogP contribution in [-0.2, 0) is 4.79 Å². The number of halogens is 1. The van der Waals surface area contributed by atoms with Gasteiger partial charge in [0.15, 0.2) is 0 Å². The maximum atomic E-state index is 11.0. The van der Waals surface area contributed by atoms with E-state index in [9.17, 15) is 4.79 Å². The Hall–Kier alpha value is -1.62. The van der Waals surface area contributed by atoms with Gasteiger partial charge in [-0.05, 0) is 37.8 Å². The number of aliphatic carboxylic acids is 1. The number of hydrogen-bond donors (Lipinski definition) is 2. The zero-order valence-electron chi connectivity index (χ0n) is 11.6. The molecule has 4 nitrogen and oxygen atoms in total. The second-order valence-corrected chi connectivity index (χ2v) is 6.38. The SMILES string of the molecule is O=C(O)C1CCC(Nc2nccc3c(Br)cccc23)CC1. The predicted molar refractivity (Wildman–Crippen MR) is 86.4 cm³/mol. The van der Waals surface area contributed by atoms with Gasteiger partial charge >= 0.3 is 5.97 Å². The number of nitrogens with one attached hydrogen (secondary N) is 1. The highest BCUT2D eigenvalue weighted by atomic mass is 79.9. The normalized spacial score (nSPS) is 22.1. The number of benzene rings is 1. The van der Waals surface area contributed by atoms with Gasteiger partial charge in [-0.1, -0.05) is 28.1 Å². The lowest BCUT2D eigenvalue weighted by Gasteiger charge is -2.27. The summed E-state index contributed by atoms with van der Waals surface area (Å²) in [5, 5.41) is 14.8. The van der Waals surface area contributed by atoms with Crippen LogP contribution >= 0.6 is 15.9 Å². The minimum absolute atomic E-state index is 0.183. The van der Waals surface area contributed by atoms with Crippen LogP contribution in [0.5, 0.6) is 0 Å². The Balaban J connectivity index is 1.77. The summed E-state index contributed by atoms with van der Waals surface area (Å²) < 4.78 is 1.06. The third-order valence-electron chi connectivity index (χ3n) is 4.17. The van der Waals surface area contributed by atoms with Crippen molar-refractivity contribution in [2.75, 3.05) is 5.32 Å². The zero-order chi connectivity index (χ0) is 14.8. The molecule has 5 heteroatoms. The molecule has 1 heterocycles. The molecular weight excluding hydrogens is 332 g/mol. The fraction of sp³-hybridized carbons (Fsp3) is 0.375. The molecule has 1 aliphatic carbocycles. The smallest absolute Gasteiger partial charge is 0.306 e. The predicted octanol–water partition coefficient (Wildman–Crippen LogP) is 4.05. The minimum atomic E-state index is -0.666. The van der Waals surface area contributed by atoms with Crippen LogP contribution in [0.1, 0.15) is 25.7 Å². The second-order valence-electron chi connectivity index (χ2n) is 5.53. The van der Waals surface area contributed by atoms with Gasteiger partial charge in [-0.2, -0.15) is 0 Å². The van der Waals surface area contributed by atoms with Gasteiger partial charge in [0.2, 0.25) is 0 Å². The van der Waals surface area contributed by atoms with Crippen molar-refractivity contribution >= 4 is 38.5 Å². The van der Waals surface area contributed by atoms with E-state index in [0.717, 1.165) is 46.7 Å².